The van der Waals surface area contributed by atoms with E-state index in [2.05, 4.69) is 33.6 Å². The Kier molecular flexibility index (Phi) is 9.19. The SMILES string of the molecule is CC(C)N1CCCC1.COc1nc2c(c(N3CCN(C(=O)C(C)(F)F)CC3)n1)CCN(c1cc(O)cc3ccccc13)C2. The van der Waals surface area contributed by atoms with Gasteiger partial charge in [-0.25, -0.2) is 0 Å². The van der Waals surface area contributed by atoms with Crippen LogP contribution < -0.4 is 14.5 Å². The maximum absolute atomic E-state index is 13.5. The summed E-state index contributed by atoms with van der Waals surface area (Å²) in [7, 11) is 1.51. The van der Waals surface area contributed by atoms with Gasteiger partial charge < -0.3 is 29.4 Å². The number of carbonyl (C=O) groups excluding carboxylic acids is 1. The van der Waals surface area contributed by atoms with Gasteiger partial charge in [-0.2, -0.15) is 18.7 Å². The first-order valence-corrected chi connectivity index (χ1v) is 15.1. The quantitative estimate of drug-likeness (QED) is 0.454. The number of ether oxygens (including phenoxy) is 1. The largest absolute Gasteiger partial charge is 0.508 e. The van der Waals surface area contributed by atoms with Crippen LogP contribution in [0.3, 0.4) is 0 Å². The van der Waals surface area contributed by atoms with E-state index in [4.69, 9.17) is 4.74 Å². The number of hydrogen-bond acceptors (Lipinski definition) is 8. The summed E-state index contributed by atoms with van der Waals surface area (Å²) >= 11 is 0. The first-order valence-electron chi connectivity index (χ1n) is 15.1. The number of amides is 1. The number of alkyl halides is 2. The molecule has 2 aromatic carbocycles. The molecule has 11 heteroatoms. The Bertz CT molecular complexity index is 1430. The van der Waals surface area contributed by atoms with Crippen molar-refractivity contribution >= 4 is 28.2 Å². The van der Waals surface area contributed by atoms with E-state index in [1.54, 1.807) is 12.1 Å². The number of phenolic OH excluding ortho intramolecular Hbond substituents is 1. The number of halogens is 2. The van der Waals surface area contributed by atoms with Crippen molar-refractivity contribution in [3.63, 3.8) is 0 Å². The zero-order valence-corrected chi connectivity index (χ0v) is 25.5. The zero-order chi connectivity index (χ0) is 30.7. The van der Waals surface area contributed by atoms with Crippen molar-refractivity contribution in [2.24, 2.45) is 0 Å². The Hall–Kier alpha value is -3.73. The summed E-state index contributed by atoms with van der Waals surface area (Å²) in [5.74, 6) is -3.59. The molecule has 0 radical (unpaired) electrons. The lowest BCUT2D eigenvalue weighted by atomic mass is 10.0. The lowest BCUT2D eigenvalue weighted by molar-refractivity contribution is -0.155. The van der Waals surface area contributed by atoms with Crippen molar-refractivity contribution in [1.82, 2.24) is 19.8 Å². The first kappa shape index (κ1) is 30.7. The van der Waals surface area contributed by atoms with Crippen LogP contribution in [0.4, 0.5) is 20.3 Å². The Morgan fingerprint density at radius 1 is 0.977 bits per heavy atom. The topological polar surface area (TPSA) is 85.3 Å². The third kappa shape index (κ3) is 6.92. The Morgan fingerprint density at radius 2 is 1.67 bits per heavy atom. The van der Waals surface area contributed by atoms with Gasteiger partial charge in [0, 0.05) is 68.4 Å². The van der Waals surface area contributed by atoms with Crippen LogP contribution in [0, 0.1) is 0 Å². The van der Waals surface area contributed by atoms with E-state index in [1.807, 2.05) is 29.2 Å². The van der Waals surface area contributed by atoms with Crippen molar-refractivity contribution in [3.05, 3.63) is 47.7 Å². The van der Waals surface area contributed by atoms with Gasteiger partial charge >= 0.3 is 11.9 Å². The van der Waals surface area contributed by atoms with E-state index >= 15 is 0 Å². The fourth-order valence-corrected chi connectivity index (χ4v) is 6.14. The summed E-state index contributed by atoms with van der Waals surface area (Å²) in [4.78, 5) is 29.1. The molecular weight excluding hydrogens is 554 g/mol. The second-order valence-corrected chi connectivity index (χ2v) is 11.8. The number of phenols is 1. The number of fused-ring (bicyclic) bond motifs is 2. The van der Waals surface area contributed by atoms with Gasteiger partial charge in [0.15, 0.2) is 0 Å². The van der Waals surface area contributed by atoms with Gasteiger partial charge in [-0.05, 0) is 57.7 Å². The van der Waals surface area contributed by atoms with E-state index in [0.717, 1.165) is 39.6 Å². The van der Waals surface area contributed by atoms with Gasteiger partial charge in [0.1, 0.15) is 11.6 Å². The van der Waals surface area contributed by atoms with Crippen molar-refractivity contribution in [1.29, 1.82) is 0 Å². The molecule has 3 aliphatic rings. The number of benzene rings is 2. The molecule has 0 unspecified atom stereocenters. The number of methoxy groups -OCH3 is 1. The highest BCUT2D eigenvalue weighted by molar-refractivity contribution is 5.95. The van der Waals surface area contributed by atoms with Crippen molar-refractivity contribution in [2.45, 2.75) is 58.5 Å². The number of anilines is 2. The molecule has 2 fully saturated rings. The van der Waals surface area contributed by atoms with Crippen LogP contribution in [0.5, 0.6) is 11.8 Å². The molecule has 1 aromatic heterocycles. The normalized spacial score (nSPS) is 17.6. The van der Waals surface area contributed by atoms with Crippen LogP contribution in [0.2, 0.25) is 0 Å². The fourth-order valence-electron chi connectivity index (χ4n) is 6.14. The van der Waals surface area contributed by atoms with Crippen LogP contribution >= 0.6 is 0 Å². The first-order chi connectivity index (χ1) is 20.5. The Morgan fingerprint density at radius 3 is 2.30 bits per heavy atom. The van der Waals surface area contributed by atoms with Crippen LogP contribution in [0.25, 0.3) is 10.8 Å². The number of aromatic nitrogens is 2. The number of nitrogens with zero attached hydrogens (tertiary/aromatic N) is 6. The molecule has 1 N–H and O–H groups in total. The monoisotopic (exact) mass is 596 g/mol. The van der Waals surface area contributed by atoms with Gasteiger partial charge in [0.2, 0.25) is 0 Å². The number of carbonyl (C=O) groups is 1. The van der Waals surface area contributed by atoms with Crippen molar-refractivity contribution in [2.75, 3.05) is 62.7 Å². The highest BCUT2D eigenvalue weighted by atomic mass is 19.3. The molecule has 3 aromatic rings. The highest BCUT2D eigenvalue weighted by Crippen LogP contribution is 2.36. The average molecular weight is 597 g/mol. The van der Waals surface area contributed by atoms with Crippen molar-refractivity contribution in [3.8, 4) is 11.8 Å². The lowest BCUT2D eigenvalue weighted by Gasteiger charge is -2.38. The maximum Gasteiger partial charge on any atom is 0.322 e. The van der Waals surface area contributed by atoms with Gasteiger partial charge in [0.05, 0.1) is 19.3 Å². The van der Waals surface area contributed by atoms with E-state index in [9.17, 15) is 18.7 Å². The second-order valence-electron chi connectivity index (χ2n) is 11.8. The molecular formula is C32H42F2N6O3. The van der Waals surface area contributed by atoms with E-state index in [-0.39, 0.29) is 24.8 Å². The summed E-state index contributed by atoms with van der Waals surface area (Å²) in [5.41, 5.74) is 2.74. The second kappa shape index (κ2) is 12.9. The molecule has 1 amide bonds. The number of aromatic hydroxyl groups is 1. The molecule has 0 bridgehead atoms. The lowest BCUT2D eigenvalue weighted by Crippen LogP contribution is -2.53. The molecule has 4 heterocycles. The predicted molar refractivity (Wildman–Crippen MR) is 164 cm³/mol. The Balaban J connectivity index is 0.000000400. The van der Waals surface area contributed by atoms with Gasteiger partial charge in [-0.15, -0.1) is 0 Å². The molecule has 0 saturated carbocycles. The zero-order valence-electron chi connectivity index (χ0n) is 25.5. The van der Waals surface area contributed by atoms with Crippen LogP contribution in [-0.2, 0) is 17.8 Å². The molecule has 2 saturated heterocycles. The van der Waals surface area contributed by atoms with E-state index < -0.39 is 11.8 Å². The molecule has 3 aliphatic heterocycles. The smallest absolute Gasteiger partial charge is 0.322 e. The summed E-state index contributed by atoms with van der Waals surface area (Å²) in [6, 6.07) is 12.5. The molecule has 232 valence electrons. The summed E-state index contributed by atoms with van der Waals surface area (Å²) in [6.07, 6.45) is 3.50. The third-order valence-electron chi connectivity index (χ3n) is 8.48. The minimum atomic E-state index is -3.38. The molecule has 9 nitrogen and oxygen atoms in total. The Labute approximate surface area is 252 Å². The van der Waals surface area contributed by atoms with Crippen LogP contribution in [-0.4, -0.2) is 95.7 Å². The molecule has 43 heavy (non-hydrogen) atoms. The summed E-state index contributed by atoms with van der Waals surface area (Å²) in [6.45, 7) is 10.2. The van der Waals surface area contributed by atoms with E-state index in [0.29, 0.717) is 39.5 Å². The standard InChI is InChI=1S/C25H27F2N5O3.C7H15N/c1-25(26,27)23(34)31-11-9-30(10-12-31)22-19-7-8-32(15-20(19)28-24(29-22)35-2)21-14-17(33)13-16-5-3-4-6-18(16)21;1-7(2)8-5-3-4-6-8/h3-6,13-14,33H,7-12,15H2,1-2H3;7H,3-6H2,1-2H3. The number of hydrogen-bond donors (Lipinski definition) is 1. The summed E-state index contributed by atoms with van der Waals surface area (Å²) in [5, 5.41) is 12.3. The van der Waals surface area contributed by atoms with Gasteiger partial charge in [-0.3, -0.25) is 4.79 Å². The van der Waals surface area contributed by atoms with Gasteiger partial charge in [0.25, 0.3) is 5.91 Å². The molecule has 0 spiro atoms. The molecule has 6 rings (SSSR count). The molecule has 0 aliphatic carbocycles. The average Bonchev–Trinajstić information content (AvgIpc) is 3.55. The predicted octanol–water partition coefficient (Wildman–Crippen LogP) is 4.70. The third-order valence-corrected chi connectivity index (χ3v) is 8.48. The fraction of sp³-hybridized carbons (Fsp3) is 0.531. The minimum Gasteiger partial charge on any atom is -0.508 e. The highest BCUT2D eigenvalue weighted by Gasteiger charge is 2.38. The van der Waals surface area contributed by atoms with Crippen LogP contribution in [0.1, 0.15) is 44.9 Å². The van der Waals surface area contributed by atoms with Crippen LogP contribution in [0.15, 0.2) is 36.4 Å². The number of likely N-dealkylation sites (tertiary alicyclic amines) is 1. The van der Waals surface area contributed by atoms with Gasteiger partial charge in [-0.1, -0.05) is 24.3 Å². The van der Waals surface area contributed by atoms with Crippen molar-refractivity contribution < 1.29 is 23.4 Å². The maximum atomic E-state index is 13.5. The molecule has 0 atom stereocenters. The number of rotatable bonds is 5. The van der Waals surface area contributed by atoms with E-state index in [1.165, 1.54) is 37.9 Å². The summed E-state index contributed by atoms with van der Waals surface area (Å²) < 4.78 is 32.3. The number of piperazine rings is 1. The minimum absolute atomic E-state index is 0.199.